The molecule has 0 fully saturated rings. The summed E-state index contributed by atoms with van der Waals surface area (Å²) < 4.78 is 0. The van der Waals surface area contributed by atoms with Crippen LogP contribution in [0.4, 0.5) is 5.69 Å². The second-order valence-corrected chi connectivity index (χ2v) is 9.50. The summed E-state index contributed by atoms with van der Waals surface area (Å²) in [6.45, 7) is 2.11. The number of benzene rings is 6. The zero-order valence-corrected chi connectivity index (χ0v) is 20.0. The van der Waals surface area contributed by atoms with Crippen molar-refractivity contribution in [1.82, 2.24) is 4.98 Å². The molecule has 1 heterocycles. The Morgan fingerprint density at radius 1 is 0.528 bits per heavy atom. The number of nitrogens with two attached hydrogens (primary N) is 1. The van der Waals surface area contributed by atoms with Crippen LogP contribution in [0.3, 0.4) is 0 Å². The summed E-state index contributed by atoms with van der Waals surface area (Å²) in [6.07, 6.45) is 0. The molecule has 0 amide bonds. The Morgan fingerprint density at radius 2 is 1.08 bits per heavy atom. The molecule has 0 atom stereocenters. The first-order chi connectivity index (χ1) is 17.7. The third kappa shape index (κ3) is 3.15. The van der Waals surface area contributed by atoms with Crippen LogP contribution < -0.4 is 5.73 Å². The maximum Gasteiger partial charge on any atom is 0.0794 e. The SMILES string of the molecule is Cc1cc(N)ccc1-c1ccc(-c2c3ccc4ccccc4c3nc3c2ccc2ccccc23)cc1. The van der Waals surface area contributed by atoms with E-state index in [4.69, 9.17) is 10.7 Å². The Morgan fingerprint density at radius 3 is 1.67 bits per heavy atom. The third-order valence-corrected chi connectivity index (χ3v) is 7.30. The third-order valence-electron chi connectivity index (χ3n) is 7.30. The fraction of sp³-hybridized carbons (Fsp3) is 0.0294. The van der Waals surface area contributed by atoms with Crippen molar-refractivity contribution in [3.05, 3.63) is 121 Å². The predicted octanol–water partition coefficient (Wildman–Crippen LogP) is 8.92. The monoisotopic (exact) mass is 460 g/mol. The van der Waals surface area contributed by atoms with Gasteiger partial charge >= 0.3 is 0 Å². The zero-order valence-electron chi connectivity index (χ0n) is 20.0. The van der Waals surface area contributed by atoms with Gasteiger partial charge in [-0.25, -0.2) is 4.98 Å². The Bertz CT molecular complexity index is 1860. The molecule has 0 aliphatic heterocycles. The van der Waals surface area contributed by atoms with E-state index in [1.54, 1.807) is 0 Å². The number of nitrogens with zero attached hydrogens (tertiary/aromatic N) is 1. The van der Waals surface area contributed by atoms with E-state index in [1.807, 2.05) is 12.1 Å². The Balaban J connectivity index is 1.55. The molecular weight excluding hydrogens is 436 g/mol. The van der Waals surface area contributed by atoms with E-state index < -0.39 is 0 Å². The van der Waals surface area contributed by atoms with Crippen LogP contribution in [0.1, 0.15) is 5.56 Å². The number of rotatable bonds is 2. The Hall–Kier alpha value is -4.69. The van der Waals surface area contributed by atoms with Crippen molar-refractivity contribution in [2.24, 2.45) is 0 Å². The van der Waals surface area contributed by atoms with Crippen molar-refractivity contribution in [1.29, 1.82) is 0 Å². The molecule has 0 bridgehead atoms. The number of anilines is 1. The maximum absolute atomic E-state index is 5.98. The number of aryl methyl sites for hydroxylation is 1. The average molecular weight is 461 g/mol. The lowest BCUT2D eigenvalue weighted by molar-refractivity contribution is 1.46. The first-order valence-corrected chi connectivity index (χ1v) is 12.3. The van der Waals surface area contributed by atoms with E-state index in [0.717, 1.165) is 16.7 Å². The molecule has 0 aliphatic carbocycles. The van der Waals surface area contributed by atoms with Gasteiger partial charge in [0, 0.05) is 32.8 Å². The van der Waals surface area contributed by atoms with Gasteiger partial charge in [-0.2, -0.15) is 0 Å². The van der Waals surface area contributed by atoms with Crippen LogP contribution in [0.25, 0.3) is 65.6 Å². The van der Waals surface area contributed by atoms with Gasteiger partial charge in [-0.15, -0.1) is 0 Å². The second-order valence-electron chi connectivity index (χ2n) is 9.50. The normalized spacial score (nSPS) is 11.6. The molecule has 2 heteroatoms. The molecule has 7 aromatic rings. The van der Waals surface area contributed by atoms with Crippen LogP contribution in [0.15, 0.2) is 115 Å². The number of hydrogen-bond acceptors (Lipinski definition) is 2. The second kappa shape index (κ2) is 7.93. The largest absolute Gasteiger partial charge is 0.399 e. The summed E-state index contributed by atoms with van der Waals surface area (Å²) in [5.74, 6) is 0. The van der Waals surface area contributed by atoms with E-state index in [1.165, 1.54) is 60.1 Å². The molecule has 0 aliphatic rings. The highest BCUT2D eigenvalue weighted by Gasteiger charge is 2.15. The molecule has 7 rings (SSSR count). The first kappa shape index (κ1) is 20.7. The summed E-state index contributed by atoms with van der Waals surface area (Å²) in [5.41, 5.74) is 14.9. The molecule has 0 saturated heterocycles. The molecule has 36 heavy (non-hydrogen) atoms. The Kier molecular flexibility index (Phi) is 4.55. The summed E-state index contributed by atoms with van der Waals surface area (Å²) >= 11 is 0. The smallest absolute Gasteiger partial charge is 0.0794 e. The van der Waals surface area contributed by atoms with Crippen molar-refractivity contribution in [3.63, 3.8) is 0 Å². The summed E-state index contributed by atoms with van der Waals surface area (Å²) in [5, 5.41) is 7.12. The molecule has 2 N–H and O–H groups in total. The highest BCUT2D eigenvalue weighted by molar-refractivity contribution is 6.21. The van der Waals surface area contributed by atoms with Crippen LogP contribution >= 0.6 is 0 Å². The Labute approximate surface area is 209 Å². The quantitative estimate of drug-likeness (QED) is 0.159. The van der Waals surface area contributed by atoms with E-state index >= 15 is 0 Å². The molecule has 2 nitrogen and oxygen atoms in total. The molecule has 1 aromatic heterocycles. The van der Waals surface area contributed by atoms with Gasteiger partial charge < -0.3 is 5.73 Å². The topological polar surface area (TPSA) is 38.9 Å². The number of pyridine rings is 1. The molecule has 0 spiro atoms. The van der Waals surface area contributed by atoms with E-state index in [9.17, 15) is 0 Å². The number of hydrogen-bond donors (Lipinski definition) is 1. The molecule has 0 unspecified atom stereocenters. The highest BCUT2D eigenvalue weighted by Crippen LogP contribution is 2.40. The minimum atomic E-state index is 0.794. The molecule has 0 radical (unpaired) electrons. The van der Waals surface area contributed by atoms with Crippen molar-refractivity contribution >= 4 is 49.0 Å². The van der Waals surface area contributed by atoms with Gasteiger partial charge in [0.25, 0.3) is 0 Å². The first-order valence-electron chi connectivity index (χ1n) is 12.3. The predicted molar refractivity (Wildman–Crippen MR) is 154 cm³/mol. The van der Waals surface area contributed by atoms with Gasteiger partial charge in [0.1, 0.15) is 0 Å². The molecule has 0 saturated carbocycles. The fourth-order valence-corrected chi connectivity index (χ4v) is 5.55. The lowest BCUT2D eigenvalue weighted by Crippen LogP contribution is -1.92. The van der Waals surface area contributed by atoms with Crippen molar-refractivity contribution in [3.8, 4) is 22.3 Å². The van der Waals surface area contributed by atoms with Crippen LogP contribution in [0.5, 0.6) is 0 Å². The molecular formula is C34H24N2. The van der Waals surface area contributed by atoms with Gasteiger partial charge in [0.05, 0.1) is 11.0 Å². The van der Waals surface area contributed by atoms with Crippen molar-refractivity contribution < 1.29 is 0 Å². The minimum absolute atomic E-state index is 0.794. The average Bonchev–Trinajstić information content (AvgIpc) is 2.92. The standard InChI is InChI=1S/C34H24N2/c1-21-20-26(35)16-19-27(21)24-10-12-25(13-11-24)32-30-17-14-22-6-2-4-8-28(22)33(30)36-34-29-9-5-3-7-23(29)15-18-31(32)34/h2-20H,35H2,1H3. The number of aromatic nitrogens is 1. The minimum Gasteiger partial charge on any atom is -0.399 e. The number of nitrogen functional groups attached to an aromatic ring is 1. The van der Waals surface area contributed by atoms with Crippen molar-refractivity contribution in [2.75, 3.05) is 5.73 Å². The van der Waals surface area contributed by atoms with Crippen LogP contribution in [-0.2, 0) is 0 Å². The zero-order chi connectivity index (χ0) is 24.2. The van der Waals surface area contributed by atoms with E-state index in [0.29, 0.717) is 0 Å². The van der Waals surface area contributed by atoms with Crippen LogP contribution in [0.2, 0.25) is 0 Å². The van der Waals surface area contributed by atoms with Gasteiger partial charge in [-0.3, -0.25) is 0 Å². The molecule has 170 valence electrons. The summed E-state index contributed by atoms with van der Waals surface area (Å²) in [6, 6.07) is 40.9. The van der Waals surface area contributed by atoms with Crippen LogP contribution in [0, 0.1) is 6.92 Å². The van der Waals surface area contributed by atoms with E-state index in [2.05, 4.69) is 110 Å². The number of fused-ring (bicyclic) bond motifs is 6. The summed E-state index contributed by atoms with van der Waals surface area (Å²) in [7, 11) is 0. The van der Waals surface area contributed by atoms with Gasteiger partial charge in [-0.05, 0) is 52.1 Å². The van der Waals surface area contributed by atoms with E-state index in [-0.39, 0.29) is 0 Å². The molecule has 6 aromatic carbocycles. The van der Waals surface area contributed by atoms with Gasteiger partial charge in [0.15, 0.2) is 0 Å². The lowest BCUT2D eigenvalue weighted by atomic mass is 9.91. The van der Waals surface area contributed by atoms with Crippen LogP contribution in [-0.4, -0.2) is 4.98 Å². The summed E-state index contributed by atoms with van der Waals surface area (Å²) in [4.78, 5) is 5.29. The van der Waals surface area contributed by atoms with Gasteiger partial charge in [0.2, 0.25) is 0 Å². The lowest BCUT2D eigenvalue weighted by Gasteiger charge is -2.15. The van der Waals surface area contributed by atoms with Gasteiger partial charge in [-0.1, -0.05) is 103 Å². The highest BCUT2D eigenvalue weighted by atomic mass is 14.7. The van der Waals surface area contributed by atoms with Crippen molar-refractivity contribution in [2.45, 2.75) is 6.92 Å². The fourth-order valence-electron chi connectivity index (χ4n) is 5.55. The maximum atomic E-state index is 5.98.